The van der Waals surface area contributed by atoms with Gasteiger partial charge >= 0.3 is 6.09 Å². The molecular formula is C17H26BrN3O2. The minimum atomic E-state index is -0.449. The summed E-state index contributed by atoms with van der Waals surface area (Å²) in [6.45, 7) is 7.63. The largest absolute Gasteiger partial charge is 0.444 e. The molecule has 1 aromatic rings. The Balaban J connectivity index is 1.79. The van der Waals surface area contributed by atoms with Crippen LogP contribution in [0.25, 0.3) is 0 Å². The predicted molar refractivity (Wildman–Crippen MR) is 95.7 cm³/mol. The van der Waals surface area contributed by atoms with Crippen LogP contribution in [0.5, 0.6) is 0 Å². The fourth-order valence-electron chi connectivity index (χ4n) is 2.76. The van der Waals surface area contributed by atoms with Gasteiger partial charge in [0, 0.05) is 12.1 Å². The van der Waals surface area contributed by atoms with E-state index in [0.717, 1.165) is 41.7 Å². The minimum Gasteiger partial charge on any atom is -0.444 e. The van der Waals surface area contributed by atoms with Crippen LogP contribution in [0.2, 0.25) is 0 Å². The number of pyridine rings is 1. The van der Waals surface area contributed by atoms with Gasteiger partial charge in [-0.05, 0) is 81.4 Å². The number of aryl methyl sites for hydroxylation is 1. The number of halogens is 1. The Labute approximate surface area is 146 Å². The Morgan fingerprint density at radius 2 is 1.83 bits per heavy atom. The molecule has 2 N–H and O–H groups in total. The van der Waals surface area contributed by atoms with Crippen molar-refractivity contribution in [3.63, 3.8) is 0 Å². The highest BCUT2D eigenvalue weighted by molar-refractivity contribution is 9.10. The summed E-state index contributed by atoms with van der Waals surface area (Å²) in [5.74, 6) is 0. The smallest absolute Gasteiger partial charge is 0.407 e. The maximum atomic E-state index is 11.8. The van der Waals surface area contributed by atoms with Gasteiger partial charge in [-0.1, -0.05) is 0 Å². The zero-order valence-corrected chi connectivity index (χ0v) is 15.9. The normalized spacial score (nSPS) is 21.6. The summed E-state index contributed by atoms with van der Waals surface area (Å²) in [5, 5.41) is 6.53. The highest BCUT2D eigenvalue weighted by Gasteiger charge is 2.24. The second-order valence-corrected chi connectivity index (χ2v) is 7.92. The fourth-order valence-corrected chi connectivity index (χ4v) is 3.16. The lowest BCUT2D eigenvalue weighted by Crippen LogP contribution is -2.42. The van der Waals surface area contributed by atoms with Crippen molar-refractivity contribution in [2.45, 2.75) is 71.1 Å². The van der Waals surface area contributed by atoms with Crippen LogP contribution < -0.4 is 10.6 Å². The standard InChI is InChI=1S/C17H26BrN3O2/c1-11-14(9-10-15(18)19-11)20-12-5-7-13(8-6-12)21-16(22)23-17(2,3)4/h9-10,12-13,20H,5-8H2,1-4H3,(H,21,22). The van der Waals surface area contributed by atoms with E-state index < -0.39 is 5.60 Å². The van der Waals surface area contributed by atoms with Crippen LogP contribution in [-0.4, -0.2) is 28.8 Å². The first-order chi connectivity index (χ1) is 10.7. The van der Waals surface area contributed by atoms with Gasteiger partial charge in [0.25, 0.3) is 0 Å². The highest BCUT2D eigenvalue weighted by Crippen LogP contribution is 2.24. The number of carbonyl (C=O) groups is 1. The first kappa shape index (κ1) is 18.0. The molecule has 0 saturated heterocycles. The van der Waals surface area contributed by atoms with Crippen molar-refractivity contribution < 1.29 is 9.53 Å². The van der Waals surface area contributed by atoms with Crippen molar-refractivity contribution >= 4 is 27.7 Å². The van der Waals surface area contributed by atoms with Crippen LogP contribution in [-0.2, 0) is 4.74 Å². The number of rotatable bonds is 3. The van der Waals surface area contributed by atoms with E-state index in [4.69, 9.17) is 4.74 Å². The van der Waals surface area contributed by atoms with Crippen molar-refractivity contribution in [1.82, 2.24) is 10.3 Å². The summed E-state index contributed by atoms with van der Waals surface area (Å²) in [4.78, 5) is 16.2. The quantitative estimate of drug-likeness (QED) is 0.759. The molecule has 5 nitrogen and oxygen atoms in total. The number of ether oxygens (including phenoxy) is 1. The highest BCUT2D eigenvalue weighted by atomic mass is 79.9. The van der Waals surface area contributed by atoms with E-state index in [1.54, 1.807) is 0 Å². The number of anilines is 1. The van der Waals surface area contributed by atoms with Crippen molar-refractivity contribution in [3.8, 4) is 0 Å². The monoisotopic (exact) mass is 383 g/mol. The van der Waals surface area contributed by atoms with Gasteiger partial charge in [0.2, 0.25) is 0 Å². The first-order valence-electron chi connectivity index (χ1n) is 8.12. The lowest BCUT2D eigenvalue weighted by atomic mass is 9.91. The van der Waals surface area contributed by atoms with E-state index in [-0.39, 0.29) is 12.1 Å². The van der Waals surface area contributed by atoms with E-state index in [0.29, 0.717) is 6.04 Å². The van der Waals surface area contributed by atoms with Crippen molar-refractivity contribution in [3.05, 3.63) is 22.4 Å². The van der Waals surface area contributed by atoms with E-state index in [1.165, 1.54) is 0 Å². The van der Waals surface area contributed by atoms with E-state index >= 15 is 0 Å². The molecule has 0 spiro atoms. The molecule has 0 atom stereocenters. The lowest BCUT2D eigenvalue weighted by molar-refractivity contribution is 0.0492. The van der Waals surface area contributed by atoms with E-state index in [1.807, 2.05) is 33.8 Å². The molecule has 0 aromatic carbocycles. The van der Waals surface area contributed by atoms with Crippen molar-refractivity contribution in [2.75, 3.05) is 5.32 Å². The van der Waals surface area contributed by atoms with Gasteiger partial charge in [-0.3, -0.25) is 0 Å². The topological polar surface area (TPSA) is 63.2 Å². The molecule has 1 heterocycles. The second-order valence-electron chi connectivity index (χ2n) is 7.11. The summed E-state index contributed by atoms with van der Waals surface area (Å²) < 4.78 is 6.16. The summed E-state index contributed by atoms with van der Waals surface area (Å²) in [7, 11) is 0. The lowest BCUT2D eigenvalue weighted by Gasteiger charge is -2.31. The van der Waals surface area contributed by atoms with Crippen LogP contribution in [0.4, 0.5) is 10.5 Å². The van der Waals surface area contributed by atoms with Gasteiger partial charge in [-0.2, -0.15) is 0 Å². The number of amides is 1. The molecule has 1 saturated carbocycles. The molecule has 0 aliphatic heterocycles. The van der Waals surface area contributed by atoms with Gasteiger partial charge in [-0.15, -0.1) is 0 Å². The third kappa shape index (κ3) is 6.01. The summed E-state index contributed by atoms with van der Waals surface area (Å²) in [5.41, 5.74) is 1.62. The average Bonchev–Trinajstić information content (AvgIpc) is 2.42. The summed E-state index contributed by atoms with van der Waals surface area (Å²) in [6.07, 6.45) is 3.65. The molecule has 1 aliphatic carbocycles. The number of alkyl carbamates (subject to hydrolysis) is 1. The van der Waals surface area contributed by atoms with Gasteiger partial charge < -0.3 is 15.4 Å². The molecule has 128 valence electrons. The van der Waals surface area contributed by atoms with Crippen LogP contribution in [0, 0.1) is 6.92 Å². The number of hydrogen-bond donors (Lipinski definition) is 2. The van der Waals surface area contributed by atoms with Crippen molar-refractivity contribution in [1.29, 1.82) is 0 Å². The van der Waals surface area contributed by atoms with Crippen LogP contribution in [0.15, 0.2) is 16.7 Å². The predicted octanol–water partition coefficient (Wildman–Crippen LogP) is 4.40. The molecule has 23 heavy (non-hydrogen) atoms. The molecule has 0 radical (unpaired) electrons. The maximum Gasteiger partial charge on any atom is 0.407 e. The number of carbonyl (C=O) groups excluding carboxylic acids is 1. The first-order valence-corrected chi connectivity index (χ1v) is 8.91. The van der Waals surface area contributed by atoms with Crippen molar-refractivity contribution in [2.24, 2.45) is 0 Å². The molecule has 1 amide bonds. The zero-order chi connectivity index (χ0) is 17.0. The molecule has 6 heteroatoms. The van der Waals surface area contributed by atoms with E-state index in [2.05, 4.69) is 37.6 Å². The van der Waals surface area contributed by atoms with Crippen LogP contribution in [0.1, 0.15) is 52.1 Å². The maximum absolute atomic E-state index is 11.8. The Morgan fingerprint density at radius 1 is 1.22 bits per heavy atom. The second kappa shape index (κ2) is 7.51. The SMILES string of the molecule is Cc1nc(Br)ccc1NC1CCC(NC(=O)OC(C)(C)C)CC1. The molecule has 1 aromatic heterocycles. The Morgan fingerprint density at radius 3 is 2.39 bits per heavy atom. The number of aromatic nitrogens is 1. The van der Waals surface area contributed by atoms with Gasteiger partial charge in [-0.25, -0.2) is 9.78 Å². The molecule has 0 bridgehead atoms. The fraction of sp³-hybridized carbons (Fsp3) is 0.647. The van der Waals surface area contributed by atoms with Gasteiger partial charge in [0.1, 0.15) is 10.2 Å². The molecule has 0 unspecified atom stereocenters. The van der Waals surface area contributed by atoms with Gasteiger partial charge in [0.05, 0.1) is 11.4 Å². The molecule has 1 fully saturated rings. The molecule has 2 rings (SSSR count). The number of hydrogen-bond acceptors (Lipinski definition) is 4. The van der Waals surface area contributed by atoms with Crippen LogP contribution in [0.3, 0.4) is 0 Å². The zero-order valence-electron chi connectivity index (χ0n) is 14.3. The third-order valence-corrected chi connectivity index (χ3v) is 4.30. The Kier molecular flexibility index (Phi) is 5.89. The Hall–Kier alpha value is -1.30. The third-order valence-electron chi connectivity index (χ3n) is 3.86. The van der Waals surface area contributed by atoms with Gasteiger partial charge in [0.15, 0.2) is 0 Å². The Bertz CT molecular complexity index is 549. The summed E-state index contributed by atoms with van der Waals surface area (Å²) in [6, 6.07) is 4.63. The summed E-state index contributed by atoms with van der Waals surface area (Å²) >= 11 is 3.38. The minimum absolute atomic E-state index is 0.201. The number of nitrogens with zero attached hydrogens (tertiary/aromatic N) is 1. The average molecular weight is 384 g/mol. The molecular weight excluding hydrogens is 358 g/mol. The van der Waals surface area contributed by atoms with Crippen LogP contribution >= 0.6 is 15.9 Å². The number of nitrogens with one attached hydrogen (secondary N) is 2. The molecule has 1 aliphatic rings. The van der Waals surface area contributed by atoms with E-state index in [9.17, 15) is 4.79 Å².